The van der Waals surface area contributed by atoms with E-state index in [1.165, 1.54) is 58.0 Å². The lowest BCUT2D eigenvalue weighted by molar-refractivity contribution is 0.0559. The largest absolute Gasteiger partial charge is 0.313 e. The van der Waals surface area contributed by atoms with Crippen LogP contribution in [0.3, 0.4) is 0 Å². The summed E-state index contributed by atoms with van der Waals surface area (Å²) < 4.78 is 0. The third kappa shape index (κ3) is 4.19. The Bertz CT molecular complexity index is 246. The van der Waals surface area contributed by atoms with Crippen LogP contribution in [0.15, 0.2) is 0 Å². The molecule has 2 aliphatic rings. The normalized spacial score (nSPS) is 38.7. The molecule has 0 aromatic rings. The monoisotopic (exact) mass is 266 g/mol. The van der Waals surface area contributed by atoms with E-state index in [1.54, 1.807) is 0 Å². The van der Waals surface area contributed by atoms with Crippen molar-refractivity contribution in [3.8, 4) is 0 Å². The van der Waals surface area contributed by atoms with Gasteiger partial charge in [-0.3, -0.25) is 4.90 Å². The van der Waals surface area contributed by atoms with Gasteiger partial charge >= 0.3 is 0 Å². The fourth-order valence-corrected chi connectivity index (χ4v) is 4.49. The van der Waals surface area contributed by atoms with Crippen LogP contribution in [0.5, 0.6) is 0 Å². The Kier molecular flexibility index (Phi) is 6.15. The molecule has 0 aromatic heterocycles. The van der Waals surface area contributed by atoms with Crippen LogP contribution in [0.4, 0.5) is 0 Å². The lowest BCUT2D eigenvalue weighted by atomic mass is 9.75. The van der Waals surface area contributed by atoms with Crippen LogP contribution in [0.1, 0.15) is 65.7 Å². The zero-order chi connectivity index (χ0) is 13.7. The predicted molar refractivity (Wildman–Crippen MR) is 83.5 cm³/mol. The molecule has 0 aromatic carbocycles. The van der Waals surface area contributed by atoms with E-state index >= 15 is 0 Å². The number of likely N-dealkylation sites (tertiary alicyclic amines) is 1. The third-order valence-electron chi connectivity index (χ3n) is 5.20. The van der Waals surface area contributed by atoms with Gasteiger partial charge in [-0.15, -0.1) is 0 Å². The van der Waals surface area contributed by atoms with Gasteiger partial charge < -0.3 is 5.32 Å². The minimum absolute atomic E-state index is 0.725. The molecule has 1 aliphatic carbocycles. The van der Waals surface area contributed by atoms with Crippen LogP contribution >= 0.6 is 0 Å². The molecule has 2 rings (SSSR count). The van der Waals surface area contributed by atoms with Crippen LogP contribution in [0.25, 0.3) is 0 Å². The molecular formula is C17H34N2. The predicted octanol–water partition coefficient (Wildman–Crippen LogP) is 3.67. The lowest BCUT2D eigenvalue weighted by Gasteiger charge is -2.46. The summed E-state index contributed by atoms with van der Waals surface area (Å²) >= 11 is 0. The highest BCUT2D eigenvalue weighted by atomic mass is 15.2. The summed E-state index contributed by atoms with van der Waals surface area (Å²) in [4.78, 5) is 2.84. The van der Waals surface area contributed by atoms with Crippen LogP contribution in [-0.2, 0) is 0 Å². The molecule has 1 aliphatic heterocycles. The Labute approximate surface area is 120 Å². The van der Waals surface area contributed by atoms with Crippen molar-refractivity contribution in [2.45, 2.75) is 77.8 Å². The molecule has 1 heterocycles. The number of hydrogen-bond donors (Lipinski definition) is 1. The quantitative estimate of drug-likeness (QED) is 0.838. The van der Waals surface area contributed by atoms with E-state index in [4.69, 9.17) is 0 Å². The second kappa shape index (κ2) is 7.64. The minimum atomic E-state index is 0.725. The second-order valence-electron chi connectivity index (χ2n) is 7.01. The molecule has 2 nitrogen and oxygen atoms in total. The summed E-state index contributed by atoms with van der Waals surface area (Å²) in [5, 5.41) is 3.79. The maximum atomic E-state index is 3.79. The summed E-state index contributed by atoms with van der Waals surface area (Å²) in [6, 6.07) is 1.51. The van der Waals surface area contributed by atoms with Crippen LogP contribution in [0, 0.1) is 11.8 Å². The number of likely N-dealkylation sites (N-methyl/N-ethyl adjacent to an activating group) is 1. The molecule has 1 N–H and O–H groups in total. The van der Waals surface area contributed by atoms with Crippen molar-refractivity contribution in [3.63, 3.8) is 0 Å². The van der Waals surface area contributed by atoms with Gasteiger partial charge in [-0.2, -0.15) is 0 Å². The van der Waals surface area contributed by atoms with Crippen molar-refractivity contribution in [3.05, 3.63) is 0 Å². The van der Waals surface area contributed by atoms with E-state index < -0.39 is 0 Å². The van der Waals surface area contributed by atoms with E-state index in [1.807, 2.05) is 0 Å². The van der Waals surface area contributed by atoms with Crippen molar-refractivity contribution < 1.29 is 0 Å². The van der Waals surface area contributed by atoms with Crippen molar-refractivity contribution in [1.82, 2.24) is 10.2 Å². The summed E-state index contributed by atoms with van der Waals surface area (Å²) in [7, 11) is 0. The Morgan fingerprint density at radius 1 is 0.947 bits per heavy atom. The van der Waals surface area contributed by atoms with Gasteiger partial charge in [0, 0.05) is 12.1 Å². The van der Waals surface area contributed by atoms with Crippen molar-refractivity contribution in [1.29, 1.82) is 0 Å². The average Bonchev–Trinajstić information content (AvgIpc) is 2.30. The fourth-order valence-electron chi connectivity index (χ4n) is 4.49. The Morgan fingerprint density at radius 2 is 1.58 bits per heavy atom. The Morgan fingerprint density at radius 3 is 2.21 bits per heavy atom. The van der Waals surface area contributed by atoms with Gasteiger partial charge in [0.05, 0.1) is 0 Å². The maximum Gasteiger partial charge on any atom is 0.0275 e. The molecule has 1 saturated heterocycles. The van der Waals surface area contributed by atoms with Crippen molar-refractivity contribution >= 4 is 0 Å². The van der Waals surface area contributed by atoms with Gasteiger partial charge in [0.2, 0.25) is 0 Å². The molecule has 2 fully saturated rings. The van der Waals surface area contributed by atoms with Gasteiger partial charge in [-0.25, -0.2) is 0 Å². The molecule has 4 unspecified atom stereocenters. The van der Waals surface area contributed by atoms with Gasteiger partial charge in [-0.1, -0.05) is 40.0 Å². The van der Waals surface area contributed by atoms with Gasteiger partial charge in [0.25, 0.3) is 0 Å². The van der Waals surface area contributed by atoms with Gasteiger partial charge in [-0.05, 0) is 57.2 Å². The van der Waals surface area contributed by atoms with Gasteiger partial charge in [0.1, 0.15) is 0 Å². The first kappa shape index (κ1) is 15.3. The standard InChI is InChI=1S/C17H34N2/c1-4-18-16-13-14(2)12-15(3)17(16)19-10-8-6-5-7-9-11-19/h14-18H,4-13H2,1-3H3. The zero-order valence-corrected chi connectivity index (χ0v) is 13.3. The van der Waals surface area contributed by atoms with Gasteiger partial charge in [0.15, 0.2) is 0 Å². The average molecular weight is 266 g/mol. The number of nitrogens with zero attached hydrogens (tertiary/aromatic N) is 1. The van der Waals surface area contributed by atoms with Crippen molar-refractivity contribution in [2.24, 2.45) is 11.8 Å². The Hall–Kier alpha value is -0.0800. The molecular weight excluding hydrogens is 232 g/mol. The fraction of sp³-hybridized carbons (Fsp3) is 1.00. The lowest BCUT2D eigenvalue weighted by Crippen LogP contribution is -2.57. The van der Waals surface area contributed by atoms with E-state index in [2.05, 4.69) is 31.0 Å². The van der Waals surface area contributed by atoms with Crippen LogP contribution < -0.4 is 5.32 Å². The molecule has 1 saturated carbocycles. The minimum Gasteiger partial charge on any atom is -0.313 e. The first-order chi connectivity index (χ1) is 9.22. The molecule has 0 radical (unpaired) electrons. The summed E-state index contributed by atoms with van der Waals surface area (Å²) in [5.41, 5.74) is 0. The topological polar surface area (TPSA) is 15.3 Å². The first-order valence-corrected chi connectivity index (χ1v) is 8.69. The summed E-state index contributed by atoms with van der Waals surface area (Å²) in [6.45, 7) is 11.0. The molecule has 2 heteroatoms. The highest BCUT2D eigenvalue weighted by molar-refractivity contribution is 4.94. The number of hydrogen-bond acceptors (Lipinski definition) is 2. The highest BCUT2D eigenvalue weighted by Gasteiger charge is 2.36. The van der Waals surface area contributed by atoms with Crippen molar-refractivity contribution in [2.75, 3.05) is 19.6 Å². The highest BCUT2D eigenvalue weighted by Crippen LogP contribution is 2.33. The molecule has 0 amide bonds. The summed E-state index contributed by atoms with van der Waals surface area (Å²) in [5.74, 6) is 1.75. The first-order valence-electron chi connectivity index (χ1n) is 8.69. The molecule has 112 valence electrons. The van der Waals surface area contributed by atoms with Crippen LogP contribution in [-0.4, -0.2) is 36.6 Å². The van der Waals surface area contributed by atoms with E-state index in [-0.39, 0.29) is 0 Å². The number of nitrogens with one attached hydrogen (secondary N) is 1. The maximum absolute atomic E-state index is 3.79. The molecule has 0 spiro atoms. The molecule has 4 atom stereocenters. The second-order valence-corrected chi connectivity index (χ2v) is 7.01. The molecule has 19 heavy (non-hydrogen) atoms. The summed E-state index contributed by atoms with van der Waals surface area (Å²) in [6.07, 6.45) is 9.97. The van der Waals surface area contributed by atoms with E-state index in [9.17, 15) is 0 Å². The van der Waals surface area contributed by atoms with E-state index in [0.29, 0.717) is 0 Å². The molecule has 0 bridgehead atoms. The Balaban J connectivity index is 2.03. The smallest absolute Gasteiger partial charge is 0.0275 e. The van der Waals surface area contributed by atoms with Crippen LogP contribution in [0.2, 0.25) is 0 Å². The van der Waals surface area contributed by atoms with E-state index in [0.717, 1.165) is 30.5 Å². The SMILES string of the molecule is CCNC1CC(C)CC(C)C1N1CCCCCCC1. The zero-order valence-electron chi connectivity index (χ0n) is 13.3. The third-order valence-corrected chi connectivity index (χ3v) is 5.20. The number of rotatable bonds is 3.